The molecular formula is C11H13NO3S. The van der Waals surface area contributed by atoms with Crippen LogP contribution in [0.25, 0.3) is 11.0 Å². The molecule has 1 heterocycles. The molecule has 0 saturated carbocycles. The summed E-state index contributed by atoms with van der Waals surface area (Å²) in [6.07, 6.45) is 0.769. The summed E-state index contributed by atoms with van der Waals surface area (Å²) in [5, 5.41) is 4.96. The minimum atomic E-state index is 0.581. The third kappa shape index (κ3) is 1.71. The van der Waals surface area contributed by atoms with Crippen LogP contribution in [0.15, 0.2) is 16.7 Å². The van der Waals surface area contributed by atoms with Gasteiger partial charge in [-0.15, -0.1) is 0 Å². The first-order chi connectivity index (χ1) is 7.81. The third-order valence-electron chi connectivity index (χ3n) is 2.41. The second-order valence-electron chi connectivity index (χ2n) is 3.28. The average molecular weight is 239 g/mol. The molecule has 0 aliphatic rings. The lowest BCUT2D eigenvalue weighted by Crippen LogP contribution is -1.91. The van der Waals surface area contributed by atoms with Crippen LogP contribution < -0.4 is 9.47 Å². The lowest BCUT2D eigenvalue weighted by atomic mass is 10.1. The molecule has 4 nitrogen and oxygen atoms in total. The summed E-state index contributed by atoms with van der Waals surface area (Å²) in [5.74, 6) is 1.96. The van der Waals surface area contributed by atoms with Crippen LogP contribution in [0.3, 0.4) is 0 Å². The van der Waals surface area contributed by atoms with Gasteiger partial charge in [0, 0.05) is 11.8 Å². The highest BCUT2D eigenvalue weighted by molar-refractivity contribution is 7.80. The van der Waals surface area contributed by atoms with Gasteiger partial charge in [0.1, 0.15) is 0 Å². The Kier molecular flexibility index (Phi) is 3.24. The Labute approximate surface area is 98.9 Å². The SMILES string of the molecule is COc1ccc2c(CCS)noc2c1OC. The number of thiol groups is 1. The normalized spacial score (nSPS) is 10.7. The molecule has 0 atom stereocenters. The Morgan fingerprint density at radius 1 is 1.31 bits per heavy atom. The predicted molar refractivity (Wildman–Crippen MR) is 64.7 cm³/mol. The number of rotatable bonds is 4. The van der Waals surface area contributed by atoms with E-state index < -0.39 is 0 Å². The van der Waals surface area contributed by atoms with E-state index in [4.69, 9.17) is 14.0 Å². The summed E-state index contributed by atoms with van der Waals surface area (Å²) in [7, 11) is 3.17. The molecule has 0 aliphatic heterocycles. The molecule has 0 fully saturated rings. The van der Waals surface area contributed by atoms with Crippen molar-refractivity contribution in [1.82, 2.24) is 5.16 Å². The van der Waals surface area contributed by atoms with Gasteiger partial charge < -0.3 is 14.0 Å². The highest BCUT2D eigenvalue weighted by atomic mass is 32.1. The third-order valence-corrected chi connectivity index (χ3v) is 2.63. The van der Waals surface area contributed by atoms with E-state index in [-0.39, 0.29) is 0 Å². The molecule has 0 saturated heterocycles. The van der Waals surface area contributed by atoms with Crippen LogP contribution in [0, 0.1) is 0 Å². The van der Waals surface area contributed by atoms with E-state index in [0.717, 1.165) is 23.3 Å². The lowest BCUT2D eigenvalue weighted by molar-refractivity contribution is 0.347. The summed E-state index contributed by atoms with van der Waals surface area (Å²) in [5.41, 5.74) is 1.52. The topological polar surface area (TPSA) is 44.5 Å². The van der Waals surface area contributed by atoms with Gasteiger partial charge in [0.05, 0.1) is 19.9 Å². The first-order valence-electron chi connectivity index (χ1n) is 4.92. The molecule has 2 rings (SSSR count). The molecule has 0 bridgehead atoms. The van der Waals surface area contributed by atoms with E-state index in [1.54, 1.807) is 14.2 Å². The number of hydrogen-bond acceptors (Lipinski definition) is 5. The van der Waals surface area contributed by atoms with E-state index in [2.05, 4.69) is 17.8 Å². The van der Waals surface area contributed by atoms with Gasteiger partial charge in [-0.05, 0) is 17.9 Å². The van der Waals surface area contributed by atoms with Crippen molar-refractivity contribution < 1.29 is 14.0 Å². The number of ether oxygens (including phenoxy) is 2. The fraction of sp³-hybridized carbons (Fsp3) is 0.364. The Morgan fingerprint density at radius 2 is 2.12 bits per heavy atom. The zero-order valence-electron chi connectivity index (χ0n) is 9.19. The number of aromatic nitrogens is 1. The molecule has 0 spiro atoms. The maximum atomic E-state index is 5.28. The first kappa shape index (κ1) is 11.1. The number of nitrogens with zero attached hydrogens (tertiary/aromatic N) is 1. The van der Waals surface area contributed by atoms with Gasteiger partial charge >= 0.3 is 0 Å². The summed E-state index contributed by atoms with van der Waals surface area (Å²) < 4.78 is 15.7. The molecule has 2 aromatic rings. The molecule has 5 heteroatoms. The largest absolute Gasteiger partial charge is 0.493 e. The average Bonchev–Trinajstić information content (AvgIpc) is 2.72. The Morgan fingerprint density at radius 3 is 2.75 bits per heavy atom. The van der Waals surface area contributed by atoms with Crippen LogP contribution in [0.2, 0.25) is 0 Å². The maximum absolute atomic E-state index is 5.28. The van der Waals surface area contributed by atoms with Crippen molar-refractivity contribution >= 4 is 23.6 Å². The minimum Gasteiger partial charge on any atom is -0.493 e. The van der Waals surface area contributed by atoms with Crippen molar-refractivity contribution in [3.05, 3.63) is 17.8 Å². The number of aryl methyl sites for hydroxylation is 1. The van der Waals surface area contributed by atoms with Crippen molar-refractivity contribution in [1.29, 1.82) is 0 Å². The van der Waals surface area contributed by atoms with Crippen molar-refractivity contribution in [3.8, 4) is 11.5 Å². The smallest absolute Gasteiger partial charge is 0.212 e. The molecule has 16 heavy (non-hydrogen) atoms. The fourth-order valence-corrected chi connectivity index (χ4v) is 1.86. The second kappa shape index (κ2) is 4.65. The summed E-state index contributed by atoms with van der Waals surface area (Å²) in [4.78, 5) is 0. The van der Waals surface area contributed by atoms with Crippen molar-refractivity contribution in [2.45, 2.75) is 6.42 Å². The standard InChI is InChI=1S/C11H13NO3S/c1-13-9-4-3-7-8(5-6-16)12-15-10(7)11(9)14-2/h3-4,16H,5-6H2,1-2H3. The van der Waals surface area contributed by atoms with Gasteiger partial charge in [-0.2, -0.15) is 12.6 Å². The van der Waals surface area contributed by atoms with Gasteiger partial charge in [-0.3, -0.25) is 0 Å². The van der Waals surface area contributed by atoms with Crippen LogP contribution in [0.5, 0.6) is 11.5 Å². The summed E-state index contributed by atoms with van der Waals surface area (Å²) in [6, 6.07) is 3.77. The van der Waals surface area contributed by atoms with Crippen molar-refractivity contribution in [2.24, 2.45) is 0 Å². The molecule has 0 amide bonds. The van der Waals surface area contributed by atoms with E-state index in [0.29, 0.717) is 17.1 Å². The van der Waals surface area contributed by atoms with E-state index in [1.807, 2.05) is 12.1 Å². The highest BCUT2D eigenvalue weighted by Crippen LogP contribution is 2.36. The van der Waals surface area contributed by atoms with E-state index in [9.17, 15) is 0 Å². The minimum absolute atomic E-state index is 0.581. The number of hydrogen-bond donors (Lipinski definition) is 1. The summed E-state index contributed by atoms with van der Waals surface area (Å²) >= 11 is 4.18. The maximum Gasteiger partial charge on any atom is 0.212 e. The number of fused-ring (bicyclic) bond motifs is 1. The van der Waals surface area contributed by atoms with Gasteiger partial charge in [0.2, 0.25) is 11.3 Å². The first-order valence-corrected chi connectivity index (χ1v) is 5.55. The van der Waals surface area contributed by atoms with Crippen LogP contribution in [-0.2, 0) is 6.42 Å². The van der Waals surface area contributed by atoms with Crippen LogP contribution >= 0.6 is 12.6 Å². The van der Waals surface area contributed by atoms with Crippen LogP contribution in [-0.4, -0.2) is 25.1 Å². The zero-order chi connectivity index (χ0) is 11.5. The molecule has 0 aliphatic carbocycles. The van der Waals surface area contributed by atoms with Crippen LogP contribution in [0.4, 0.5) is 0 Å². The quantitative estimate of drug-likeness (QED) is 0.832. The van der Waals surface area contributed by atoms with E-state index >= 15 is 0 Å². The highest BCUT2D eigenvalue weighted by Gasteiger charge is 2.16. The number of methoxy groups -OCH3 is 2. The second-order valence-corrected chi connectivity index (χ2v) is 3.73. The molecule has 1 aromatic carbocycles. The van der Waals surface area contributed by atoms with Crippen molar-refractivity contribution in [3.63, 3.8) is 0 Å². The Bertz CT molecular complexity index is 495. The molecule has 1 aromatic heterocycles. The molecule has 0 unspecified atom stereocenters. The molecule has 0 radical (unpaired) electrons. The Hall–Kier alpha value is -1.36. The van der Waals surface area contributed by atoms with Gasteiger partial charge in [-0.1, -0.05) is 5.16 Å². The van der Waals surface area contributed by atoms with Gasteiger partial charge in [-0.25, -0.2) is 0 Å². The van der Waals surface area contributed by atoms with Crippen molar-refractivity contribution in [2.75, 3.05) is 20.0 Å². The monoisotopic (exact) mass is 239 g/mol. The van der Waals surface area contributed by atoms with Crippen LogP contribution in [0.1, 0.15) is 5.69 Å². The van der Waals surface area contributed by atoms with Gasteiger partial charge in [0.15, 0.2) is 5.75 Å². The molecule has 86 valence electrons. The fourth-order valence-electron chi connectivity index (χ4n) is 1.65. The van der Waals surface area contributed by atoms with E-state index in [1.165, 1.54) is 0 Å². The Balaban J connectivity index is 2.61. The number of benzene rings is 1. The molecule has 0 N–H and O–H groups in total. The predicted octanol–water partition coefficient (Wildman–Crippen LogP) is 2.32. The zero-order valence-corrected chi connectivity index (χ0v) is 10.1. The molecular weight excluding hydrogens is 226 g/mol. The summed E-state index contributed by atoms with van der Waals surface area (Å²) in [6.45, 7) is 0. The van der Waals surface area contributed by atoms with Gasteiger partial charge in [0.25, 0.3) is 0 Å². The lowest BCUT2D eigenvalue weighted by Gasteiger charge is -2.06.